The third-order valence-electron chi connectivity index (χ3n) is 4.95. The van der Waals surface area contributed by atoms with Gasteiger partial charge in [-0.2, -0.15) is 5.01 Å². The number of imide groups is 1. The first kappa shape index (κ1) is 22.7. The number of carbonyl (C=O) groups excluding carboxylic acids is 3. The Labute approximate surface area is 202 Å². The average Bonchev–Trinajstić information content (AvgIpc) is 3.04. The molecule has 166 valence electrons. The molecule has 1 aliphatic rings. The van der Waals surface area contributed by atoms with E-state index in [1.807, 2.05) is 0 Å². The summed E-state index contributed by atoms with van der Waals surface area (Å²) in [7, 11) is 0. The number of fused-ring (bicyclic) bond motifs is 1. The third-order valence-corrected chi connectivity index (χ3v) is 5.94. The van der Waals surface area contributed by atoms with Crippen LogP contribution in [-0.2, 0) is 6.54 Å². The molecule has 3 amide bonds. The Morgan fingerprint density at radius 3 is 2.27 bits per heavy atom. The van der Waals surface area contributed by atoms with Gasteiger partial charge in [-0.05, 0) is 48.0 Å². The summed E-state index contributed by atoms with van der Waals surface area (Å²) in [5.74, 6) is -2.54. The molecule has 4 rings (SSSR count). The zero-order chi connectivity index (χ0) is 23.9. The highest BCUT2D eigenvalue weighted by Gasteiger charge is 2.45. The Kier molecular flexibility index (Phi) is 6.07. The number of carbonyl (C=O) groups is 3. The lowest BCUT2D eigenvalue weighted by molar-refractivity contribution is -0.385. The Bertz CT molecular complexity index is 1330. The largest absolute Gasteiger partial charge is 0.287 e. The smallest absolute Gasteiger partial charge is 0.267 e. The molecular weight excluding hydrogens is 493 g/mol. The van der Waals surface area contributed by atoms with Crippen molar-refractivity contribution < 1.29 is 19.3 Å². The maximum absolute atomic E-state index is 13.4. The van der Waals surface area contributed by atoms with E-state index in [4.69, 9.17) is 34.8 Å². The van der Waals surface area contributed by atoms with E-state index in [1.165, 1.54) is 48.5 Å². The number of halogens is 3. The van der Waals surface area contributed by atoms with E-state index in [2.05, 4.69) is 0 Å². The van der Waals surface area contributed by atoms with E-state index >= 15 is 0 Å². The lowest BCUT2D eigenvalue weighted by Crippen LogP contribution is -2.49. The number of hydrazine groups is 1. The normalized spacial score (nSPS) is 12.6. The van der Waals surface area contributed by atoms with Gasteiger partial charge < -0.3 is 0 Å². The molecule has 0 spiro atoms. The number of nitrogens with zero attached hydrogens (tertiary/aromatic N) is 3. The van der Waals surface area contributed by atoms with Gasteiger partial charge in [0.15, 0.2) is 0 Å². The van der Waals surface area contributed by atoms with Crippen LogP contribution in [0.5, 0.6) is 0 Å². The minimum Gasteiger partial charge on any atom is -0.267 e. The van der Waals surface area contributed by atoms with Crippen molar-refractivity contribution in [2.24, 2.45) is 0 Å². The number of amides is 3. The first-order valence-corrected chi connectivity index (χ1v) is 10.5. The first-order valence-electron chi connectivity index (χ1n) is 9.36. The summed E-state index contributed by atoms with van der Waals surface area (Å²) in [6, 6.07) is 14.2. The van der Waals surface area contributed by atoms with E-state index in [0.29, 0.717) is 15.6 Å². The van der Waals surface area contributed by atoms with Crippen molar-refractivity contribution in [3.8, 4) is 0 Å². The molecule has 11 heteroatoms. The van der Waals surface area contributed by atoms with Gasteiger partial charge in [0.2, 0.25) is 0 Å². The fourth-order valence-electron chi connectivity index (χ4n) is 3.41. The molecule has 0 radical (unpaired) electrons. The molecule has 0 fully saturated rings. The van der Waals surface area contributed by atoms with Gasteiger partial charge >= 0.3 is 0 Å². The van der Waals surface area contributed by atoms with Crippen LogP contribution in [0.1, 0.15) is 36.6 Å². The van der Waals surface area contributed by atoms with Crippen molar-refractivity contribution in [3.05, 3.63) is 108 Å². The topological polar surface area (TPSA) is 101 Å². The second kappa shape index (κ2) is 8.82. The zero-order valence-electron chi connectivity index (χ0n) is 16.5. The summed E-state index contributed by atoms with van der Waals surface area (Å²) in [6.07, 6.45) is 0. The highest BCUT2D eigenvalue weighted by atomic mass is 35.5. The van der Waals surface area contributed by atoms with Gasteiger partial charge in [0, 0.05) is 16.7 Å². The fourth-order valence-corrected chi connectivity index (χ4v) is 3.86. The Morgan fingerprint density at radius 1 is 0.939 bits per heavy atom. The van der Waals surface area contributed by atoms with E-state index in [9.17, 15) is 24.5 Å². The van der Waals surface area contributed by atoms with Crippen LogP contribution in [0.25, 0.3) is 0 Å². The molecule has 0 aromatic heterocycles. The number of hydrogen-bond acceptors (Lipinski definition) is 5. The van der Waals surface area contributed by atoms with E-state index in [0.717, 1.165) is 11.1 Å². The van der Waals surface area contributed by atoms with Crippen molar-refractivity contribution in [2.75, 3.05) is 0 Å². The van der Waals surface area contributed by atoms with Crippen molar-refractivity contribution in [1.82, 2.24) is 10.0 Å². The van der Waals surface area contributed by atoms with Crippen LogP contribution in [-0.4, -0.2) is 32.7 Å². The molecule has 1 heterocycles. The van der Waals surface area contributed by atoms with Crippen LogP contribution < -0.4 is 0 Å². The Morgan fingerprint density at radius 2 is 1.64 bits per heavy atom. The second-order valence-corrected chi connectivity index (χ2v) is 8.25. The molecule has 1 aliphatic heterocycles. The number of rotatable bonds is 5. The number of nitro benzene ring substituents is 1. The number of benzene rings is 3. The molecule has 0 saturated heterocycles. The van der Waals surface area contributed by atoms with Crippen molar-refractivity contribution in [2.45, 2.75) is 6.54 Å². The van der Waals surface area contributed by atoms with E-state index < -0.39 is 28.3 Å². The molecular formula is C22H12Cl3N3O5. The number of nitro groups is 1. The molecule has 3 aromatic rings. The first-order chi connectivity index (χ1) is 15.7. The van der Waals surface area contributed by atoms with Crippen LogP contribution in [0.15, 0.2) is 60.7 Å². The monoisotopic (exact) mass is 503 g/mol. The van der Waals surface area contributed by atoms with Crippen molar-refractivity contribution in [3.63, 3.8) is 0 Å². The molecule has 0 aliphatic carbocycles. The molecule has 33 heavy (non-hydrogen) atoms. The van der Waals surface area contributed by atoms with Gasteiger partial charge in [-0.1, -0.05) is 46.9 Å². The quantitative estimate of drug-likeness (QED) is 0.263. The standard InChI is InChI=1S/C22H12Cl3N3O5/c23-14-7-5-13(6-8-14)20(29)26(11-12-4-9-16(24)17(25)10-12)27-21(30)15-2-1-3-18(28(32)33)19(15)22(27)31/h1-10H,11H2. The van der Waals surface area contributed by atoms with E-state index in [1.54, 1.807) is 6.07 Å². The van der Waals surface area contributed by atoms with Gasteiger partial charge in [0.25, 0.3) is 23.4 Å². The van der Waals surface area contributed by atoms with Crippen LogP contribution in [0.4, 0.5) is 5.69 Å². The molecule has 0 atom stereocenters. The van der Waals surface area contributed by atoms with Crippen LogP contribution in [0, 0.1) is 10.1 Å². The van der Waals surface area contributed by atoms with Crippen LogP contribution in [0.2, 0.25) is 15.1 Å². The summed E-state index contributed by atoms with van der Waals surface area (Å²) in [5.41, 5.74) is -0.460. The minimum absolute atomic E-state index is 0.144. The average molecular weight is 505 g/mol. The summed E-state index contributed by atoms with van der Waals surface area (Å²) in [4.78, 5) is 50.5. The molecule has 3 aromatic carbocycles. The molecule has 0 N–H and O–H groups in total. The highest BCUT2D eigenvalue weighted by Crippen LogP contribution is 2.33. The van der Waals surface area contributed by atoms with Crippen molar-refractivity contribution >= 4 is 58.2 Å². The number of hydrogen-bond donors (Lipinski definition) is 0. The predicted molar refractivity (Wildman–Crippen MR) is 121 cm³/mol. The fraction of sp³-hybridized carbons (Fsp3) is 0.0455. The van der Waals surface area contributed by atoms with E-state index in [-0.39, 0.29) is 33.3 Å². The lowest BCUT2D eigenvalue weighted by atomic mass is 10.1. The van der Waals surface area contributed by atoms with Gasteiger partial charge in [-0.15, -0.1) is 0 Å². The Hall–Kier alpha value is -3.46. The third kappa shape index (κ3) is 4.16. The maximum atomic E-state index is 13.4. The van der Waals surface area contributed by atoms with Crippen LogP contribution >= 0.6 is 34.8 Å². The highest BCUT2D eigenvalue weighted by molar-refractivity contribution is 6.42. The van der Waals surface area contributed by atoms with Gasteiger partial charge in [0.05, 0.1) is 27.1 Å². The maximum Gasteiger partial charge on any atom is 0.287 e. The molecule has 0 saturated carbocycles. The van der Waals surface area contributed by atoms with Gasteiger partial charge in [-0.25, -0.2) is 5.01 Å². The van der Waals surface area contributed by atoms with Crippen LogP contribution in [0.3, 0.4) is 0 Å². The molecule has 0 unspecified atom stereocenters. The summed E-state index contributed by atoms with van der Waals surface area (Å²) >= 11 is 18.0. The SMILES string of the molecule is O=C(c1ccc(Cl)cc1)N(Cc1ccc(Cl)c(Cl)c1)N1C(=O)c2cccc([N+](=O)[O-])c2C1=O. The minimum atomic E-state index is -0.982. The lowest BCUT2D eigenvalue weighted by Gasteiger charge is -2.30. The van der Waals surface area contributed by atoms with Gasteiger partial charge in [-0.3, -0.25) is 24.5 Å². The van der Waals surface area contributed by atoms with Gasteiger partial charge in [0.1, 0.15) is 5.56 Å². The predicted octanol–water partition coefficient (Wildman–Crippen LogP) is 5.41. The molecule has 8 nitrogen and oxygen atoms in total. The zero-order valence-corrected chi connectivity index (χ0v) is 18.8. The van der Waals surface area contributed by atoms with Crippen molar-refractivity contribution in [1.29, 1.82) is 0 Å². The second-order valence-electron chi connectivity index (χ2n) is 7.00. The summed E-state index contributed by atoms with van der Waals surface area (Å²) in [6.45, 7) is -0.238. The molecule has 0 bridgehead atoms. The Balaban J connectivity index is 1.81. The summed E-state index contributed by atoms with van der Waals surface area (Å²) < 4.78 is 0. The summed E-state index contributed by atoms with van der Waals surface area (Å²) in [5, 5.41) is 13.8.